The van der Waals surface area contributed by atoms with Crippen LogP contribution in [0.2, 0.25) is 0 Å². The van der Waals surface area contributed by atoms with Gasteiger partial charge >= 0.3 is 5.97 Å². The lowest BCUT2D eigenvalue weighted by Gasteiger charge is -2.34. The zero-order valence-corrected chi connectivity index (χ0v) is 10.7. The summed E-state index contributed by atoms with van der Waals surface area (Å²) in [5.41, 5.74) is 2.02. The molecule has 1 aromatic carbocycles. The number of nitrogens with zero attached hydrogens (tertiary/aromatic N) is 1. The Morgan fingerprint density at radius 1 is 1.44 bits per heavy atom. The van der Waals surface area contributed by atoms with Crippen LogP contribution in [0.3, 0.4) is 0 Å². The first-order valence-electron chi connectivity index (χ1n) is 5.81. The number of fused-ring (bicyclic) bond motifs is 1. The van der Waals surface area contributed by atoms with Crippen molar-refractivity contribution < 1.29 is 14.3 Å². The second-order valence-corrected chi connectivity index (χ2v) is 4.49. The minimum atomic E-state index is -0.409. The molecular weight excluding hydrogens is 232 g/mol. The van der Waals surface area contributed by atoms with Crippen LogP contribution < -0.4 is 10.2 Å². The van der Waals surface area contributed by atoms with E-state index in [4.69, 9.17) is 0 Å². The van der Waals surface area contributed by atoms with E-state index in [0.717, 1.165) is 5.69 Å². The number of anilines is 2. The topological polar surface area (TPSA) is 58.6 Å². The molecule has 0 aliphatic carbocycles. The third-order valence-corrected chi connectivity index (χ3v) is 2.94. The first kappa shape index (κ1) is 12.4. The van der Waals surface area contributed by atoms with Crippen LogP contribution in [-0.4, -0.2) is 31.6 Å². The molecule has 0 atom stereocenters. The van der Waals surface area contributed by atoms with Crippen molar-refractivity contribution in [3.05, 3.63) is 23.8 Å². The van der Waals surface area contributed by atoms with Crippen LogP contribution in [0.4, 0.5) is 11.4 Å². The van der Waals surface area contributed by atoms with Crippen LogP contribution in [0, 0.1) is 0 Å². The summed E-state index contributed by atoms with van der Waals surface area (Å²) in [7, 11) is 1.33. The van der Waals surface area contributed by atoms with Gasteiger partial charge in [0.15, 0.2) is 0 Å². The van der Waals surface area contributed by atoms with Crippen LogP contribution in [0.25, 0.3) is 0 Å². The number of nitrogens with one attached hydrogen (secondary N) is 1. The normalized spacial score (nSPS) is 14.2. The van der Waals surface area contributed by atoms with Crippen molar-refractivity contribution in [3.8, 4) is 0 Å². The zero-order valence-electron chi connectivity index (χ0n) is 10.7. The molecule has 0 saturated heterocycles. The Morgan fingerprint density at radius 2 is 2.17 bits per heavy atom. The summed E-state index contributed by atoms with van der Waals surface area (Å²) in [5.74, 6) is -0.480. The molecule has 0 bridgehead atoms. The van der Waals surface area contributed by atoms with Gasteiger partial charge in [0, 0.05) is 6.04 Å². The van der Waals surface area contributed by atoms with E-state index in [2.05, 4.69) is 10.1 Å². The van der Waals surface area contributed by atoms with Crippen molar-refractivity contribution >= 4 is 23.3 Å². The molecule has 0 saturated carbocycles. The van der Waals surface area contributed by atoms with Gasteiger partial charge in [0.1, 0.15) is 0 Å². The zero-order chi connectivity index (χ0) is 13.3. The molecule has 5 heteroatoms. The first-order chi connectivity index (χ1) is 8.52. The fourth-order valence-corrected chi connectivity index (χ4v) is 2.02. The van der Waals surface area contributed by atoms with E-state index in [1.807, 2.05) is 24.8 Å². The third kappa shape index (κ3) is 2.16. The number of esters is 1. The minimum Gasteiger partial charge on any atom is -0.465 e. The largest absolute Gasteiger partial charge is 0.465 e. The molecule has 0 unspecified atom stereocenters. The molecule has 0 aromatic heterocycles. The quantitative estimate of drug-likeness (QED) is 0.808. The maximum atomic E-state index is 11.6. The second-order valence-electron chi connectivity index (χ2n) is 4.49. The van der Waals surface area contributed by atoms with Crippen molar-refractivity contribution in [2.24, 2.45) is 0 Å². The van der Waals surface area contributed by atoms with Gasteiger partial charge in [0.2, 0.25) is 5.91 Å². The number of ether oxygens (including phenoxy) is 1. The average molecular weight is 248 g/mol. The highest BCUT2D eigenvalue weighted by Crippen LogP contribution is 2.31. The van der Waals surface area contributed by atoms with Gasteiger partial charge in [-0.15, -0.1) is 0 Å². The Bertz CT molecular complexity index is 497. The smallest absolute Gasteiger partial charge is 0.337 e. The van der Waals surface area contributed by atoms with E-state index >= 15 is 0 Å². The van der Waals surface area contributed by atoms with Gasteiger partial charge in [0.05, 0.1) is 30.6 Å². The van der Waals surface area contributed by atoms with Crippen molar-refractivity contribution in [2.45, 2.75) is 19.9 Å². The van der Waals surface area contributed by atoms with Crippen LogP contribution in [0.5, 0.6) is 0 Å². The molecule has 1 aliphatic heterocycles. The van der Waals surface area contributed by atoms with E-state index in [1.54, 1.807) is 12.1 Å². The Hall–Kier alpha value is -2.04. The van der Waals surface area contributed by atoms with E-state index in [0.29, 0.717) is 17.8 Å². The van der Waals surface area contributed by atoms with Gasteiger partial charge in [0.25, 0.3) is 0 Å². The fraction of sp³-hybridized carbons (Fsp3) is 0.385. The van der Waals surface area contributed by atoms with Crippen LogP contribution in [-0.2, 0) is 9.53 Å². The number of benzene rings is 1. The lowest BCUT2D eigenvalue weighted by Crippen LogP contribution is -2.42. The number of hydrogen-bond donors (Lipinski definition) is 1. The maximum absolute atomic E-state index is 11.6. The predicted octanol–water partition coefficient (Wildman–Crippen LogP) is 1.64. The molecule has 1 N–H and O–H groups in total. The summed E-state index contributed by atoms with van der Waals surface area (Å²) in [6, 6.07) is 5.41. The van der Waals surface area contributed by atoms with Crippen LogP contribution >= 0.6 is 0 Å². The van der Waals surface area contributed by atoms with Crippen LogP contribution in [0.1, 0.15) is 24.2 Å². The molecule has 0 fully saturated rings. The molecule has 1 heterocycles. The first-order valence-corrected chi connectivity index (χ1v) is 5.81. The summed E-state index contributed by atoms with van der Waals surface area (Å²) in [5, 5.41) is 2.78. The molecule has 1 aliphatic rings. The standard InChI is InChI=1S/C13H16N2O3/c1-8(2)15-7-12(16)14-10-6-9(13(17)18-3)4-5-11(10)15/h4-6,8H,7H2,1-3H3,(H,14,16). The molecule has 5 nitrogen and oxygen atoms in total. The van der Waals surface area contributed by atoms with Gasteiger partial charge in [-0.3, -0.25) is 4.79 Å². The van der Waals surface area contributed by atoms with Gasteiger partial charge in [-0.05, 0) is 32.0 Å². The molecule has 0 radical (unpaired) electrons. The summed E-state index contributed by atoms with van der Waals surface area (Å²) in [6.07, 6.45) is 0. The number of amides is 1. The second kappa shape index (κ2) is 4.68. The third-order valence-electron chi connectivity index (χ3n) is 2.94. The predicted molar refractivity (Wildman–Crippen MR) is 68.9 cm³/mol. The minimum absolute atomic E-state index is 0.0711. The van der Waals surface area contributed by atoms with Gasteiger partial charge < -0.3 is 15.0 Å². The van der Waals surface area contributed by atoms with E-state index < -0.39 is 5.97 Å². The maximum Gasteiger partial charge on any atom is 0.337 e. The molecule has 18 heavy (non-hydrogen) atoms. The summed E-state index contributed by atoms with van der Waals surface area (Å²) in [4.78, 5) is 25.1. The summed E-state index contributed by atoms with van der Waals surface area (Å²) in [6.45, 7) is 4.38. The summed E-state index contributed by atoms with van der Waals surface area (Å²) < 4.78 is 4.66. The number of hydrogen-bond acceptors (Lipinski definition) is 4. The molecule has 2 rings (SSSR count). The SMILES string of the molecule is COC(=O)c1ccc2c(c1)NC(=O)CN2C(C)C. The Labute approximate surface area is 106 Å². The lowest BCUT2D eigenvalue weighted by molar-refractivity contribution is -0.115. The van der Waals surface area contributed by atoms with Crippen LogP contribution in [0.15, 0.2) is 18.2 Å². The monoisotopic (exact) mass is 248 g/mol. The Morgan fingerprint density at radius 3 is 2.78 bits per heavy atom. The van der Waals surface area contributed by atoms with E-state index in [9.17, 15) is 9.59 Å². The number of carbonyl (C=O) groups excluding carboxylic acids is 2. The van der Waals surface area contributed by atoms with Crippen molar-refractivity contribution in [2.75, 3.05) is 23.9 Å². The molecular formula is C13H16N2O3. The number of methoxy groups -OCH3 is 1. The van der Waals surface area contributed by atoms with E-state index in [-0.39, 0.29) is 11.9 Å². The molecule has 1 amide bonds. The highest BCUT2D eigenvalue weighted by atomic mass is 16.5. The lowest BCUT2D eigenvalue weighted by atomic mass is 10.1. The highest BCUT2D eigenvalue weighted by molar-refractivity contribution is 6.03. The molecule has 1 aromatic rings. The van der Waals surface area contributed by atoms with Crippen molar-refractivity contribution in [3.63, 3.8) is 0 Å². The van der Waals surface area contributed by atoms with Crippen molar-refractivity contribution in [1.82, 2.24) is 0 Å². The van der Waals surface area contributed by atoms with Crippen molar-refractivity contribution in [1.29, 1.82) is 0 Å². The van der Waals surface area contributed by atoms with Gasteiger partial charge in [-0.2, -0.15) is 0 Å². The Balaban J connectivity index is 2.43. The van der Waals surface area contributed by atoms with E-state index in [1.165, 1.54) is 7.11 Å². The molecule has 96 valence electrons. The summed E-state index contributed by atoms with van der Waals surface area (Å²) >= 11 is 0. The number of carbonyl (C=O) groups is 2. The fourth-order valence-electron chi connectivity index (χ4n) is 2.02. The molecule has 0 spiro atoms. The number of rotatable bonds is 2. The Kier molecular flexibility index (Phi) is 3.23. The van der Waals surface area contributed by atoms with Gasteiger partial charge in [-0.1, -0.05) is 0 Å². The van der Waals surface area contributed by atoms with Gasteiger partial charge in [-0.25, -0.2) is 4.79 Å². The average Bonchev–Trinajstić information content (AvgIpc) is 2.35. The highest BCUT2D eigenvalue weighted by Gasteiger charge is 2.24.